The van der Waals surface area contributed by atoms with Gasteiger partial charge in [0.25, 0.3) is 0 Å². The molecule has 2 atom stereocenters. The molecule has 18 heavy (non-hydrogen) atoms. The minimum absolute atomic E-state index is 0.589. The van der Waals surface area contributed by atoms with Gasteiger partial charge in [-0.2, -0.15) is 0 Å². The van der Waals surface area contributed by atoms with Crippen molar-refractivity contribution in [1.29, 1.82) is 0 Å². The zero-order valence-corrected chi connectivity index (χ0v) is 13.6. The van der Waals surface area contributed by atoms with Gasteiger partial charge in [0.2, 0.25) is 0 Å². The molecule has 1 nitrogen and oxygen atoms in total. The first-order valence-electron chi connectivity index (χ1n) is 8.15. The third-order valence-corrected chi connectivity index (χ3v) is 5.42. The van der Waals surface area contributed by atoms with Crippen LogP contribution in [0.2, 0.25) is 0 Å². The van der Waals surface area contributed by atoms with E-state index in [0.717, 1.165) is 11.8 Å². The lowest BCUT2D eigenvalue weighted by molar-refractivity contribution is 0.0190. The van der Waals surface area contributed by atoms with Crippen LogP contribution in [0, 0.1) is 17.3 Å². The van der Waals surface area contributed by atoms with Crippen LogP contribution in [0.5, 0.6) is 0 Å². The number of rotatable bonds is 6. The van der Waals surface area contributed by atoms with Crippen molar-refractivity contribution in [3.05, 3.63) is 0 Å². The zero-order chi connectivity index (χ0) is 13.8. The van der Waals surface area contributed by atoms with E-state index in [9.17, 15) is 0 Å². The van der Waals surface area contributed by atoms with E-state index in [2.05, 4.69) is 46.4 Å². The maximum absolute atomic E-state index is 2.71. The van der Waals surface area contributed by atoms with Crippen molar-refractivity contribution in [2.24, 2.45) is 17.3 Å². The molecule has 0 aromatic rings. The van der Waals surface area contributed by atoms with E-state index in [-0.39, 0.29) is 0 Å². The van der Waals surface area contributed by atoms with Crippen LogP contribution in [0.3, 0.4) is 0 Å². The van der Waals surface area contributed by atoms with Crippen molar-refractivity contribution in [3.8, 4) is 0 Å². The molecule has 1 aliphatic heterocycles. The quantitative estimate of drug-likeness (QED) is 0.647. The number of likely N-dealkylation sites (tertiary alicyclic amines) is 1. The Balaban J connectivity index is 2.67. The summed E-state index contributed by atoms with van der Waals surface area (Å²) in [4.78, 5) is 2.71. The van der Waals surface area contributed by atoms with Crippen LogP contribution in [0.25, 0.3) is 0 Å². The second-order valence-electron chi connectivity index (χ2n) is 7.24. The molecule has 0 amide bonds. The van der Waals surface area contributed by atoms with Crippen molar-refractivity contribution < 1.29 is 0 Å². The maximum atomic E-state index is 2.71. The fourth-order valence-corrected chi connectivity index (χ4v) is 3.34. The highest BCUT2D eigenvalue weighted by Crippen LogP contribution is 2.42. The molecule has 0 aliphatic carbocycles. The first-order valence-corrected chi connectivity index (χ1v) is 8.15. The molecule has 0 N–H and O–H groups in total. The van der Waals surface area contributed by atoms with Crippen LogP contribution in [-0.2, 0) is 0 Å². The monoisotopic (exact) mass is 253 g/mol. The third kappa shape index (κ3) is 3.98. The Labute approximate surface area is 115 Å². The average Bonchev–Trinajstić information content (AvgIpc) is 2.35. The SMILES string of the molecule is CCC(C)CCC1(C(C)C)CCCN(C(C)C)C1. The van der Waals surface area contributed by atoms with Crippen molar-refractivity contribution in [3.63, 3.8) is 0 Å². The highest BCUT2D eigenvalue weighted by atomic mass is 15.2. The van der Waals surface area contributed by atoms with E-state index in [1.807, 2.05) is 0 Å². The van der Waals surface area contributed by atoms with Crippen molar-refractivity contribution in [2.45, 2.75) is 79.7 Å². The van der Waals surface area contributed by atoms with Crippen LogP contribution in [-0.4, -0.2) is 24.0 Å². The van der Waals surface area contributed by atoms with Crippen molar-refractivity contribution in [2.75, 3.05) is 13.1 Å². The molecule has 1 heterocycles. The molecule has 2 unspecified atom stereocenters. The average molecular weight is 253 g/mol. The normalized spacial score (nSPS) is 28.0. The minimum Gasteiger partial charge on any atom is -0.300 e. The molecule has 108 valence electrons. The molecule has 0 aromatic heterocycles. The van der Waals surface area contributed by atoms with Crippen LogP contribution >= 0.6 is 0 Å². The molecule has 1 heteroatoms. The first-order chi connectivity index (χ1) is 8.41. The van der Waals surface area contributed by atoms with Gasteiger partial charge in [0.05, 0.1) is 0 Å². The summed E-state index contributed by atoms with van der Waals surface area (Å²) in [6.45, 7) is 17.0. The lowest BCUT2D eigenvalue weighted by Crippen LogP contribution is -2.48. The number of hydrogen-bond donors (Lipinski definition) is 0. The molecule has 0 aromatic carbocycles. The van der Waals surface area contributed by atoms with Gasteiger partial charge in [-0.25, -0.2) is 0 Å². The summed E-state index contributed by atoms with van der Waals surface area (Å²) in [5.41, 5.74) is 0.589. The van der Waals surface area contributed by atoms with E-state index in [1.54, 1.807) is 0 Å². The van der Waals surface area contributed by atoms with Crippen molar-refractivity contribution in [1.82, 2.24) is 4.90 Å². The molecule has 1 rings (SSSR count). The smallest absolute Gasteiger partial charge is 0.00431 e. The molecule has 0 radical (unpaired) electrons. The molecule has 1 aliphatic rings. The van der Waals surface area contributed by atoms with E-state index < -0.39 is 0 Å². The lowest BCUT2D eigenvalue weighted by atomic mass is 9.67. The Morgan fingerprint density at radius 3 is 2.28 bits per heavy atom. The van der Waals surface area contributed by atoms with E-state index in [1.165, 1.54) is 45.2 Å². The van der Waals surface area contributed by atoms with Gasteiger partial charge < -0.3 is 4.90 Å². The predicted molar refractivity (Wildman–Crippen MR) is 81.9 cm³/mol. The molecule has 0 saturated carbocycles. The lowest BCUT2D eigenvalue weighted by Gasteiger charge is -2.47. The minimum atomic E-state index is 0.589. The fourth-order valence-electron chi connectivity index (χ4n) is 3.34. The van der Waals surface area contributed by atoms with Gasteiger partial charge >= 0.3 is 0 Å². The number of nitrogens with zero attached hydrogens (tertiary/aromatic N) is 1. The molecule has 0 spiro atoms. The molecule has 1 fully saturated rings. The third-order valence-electron chi connectivity index (χ3n) is 5.42. The van der Waals surface area contributed by atoms with Gasteiger partial charge in [0.1, 0.15) is 0 Å². The summed E-state index contributed by atoms with van der Waals surface area (Å²) in [5, 5.41) is 0. The Hall–Kier alpha value is -0.0400. The fraction of sp³-hybridized carbons (Fsp3) is 1.00. The Morgan fingerprint density at radius 2 is 1.78 bits per heavy atom. The standard InChI is InChI=1S/C17H35N/c1-7-16(6)9-11-17(14(2)3)10-8-12-18(13-17)15(4)5/h14-16H,7-13H2,1-6H3. The molecule has 1 saturated heterocycles. The van der Waals surface area contributed by atoms with Gasteiger partial charge in [-0.1, -0.05) is 40.5 Å². The van der Waals surface area contributed by atoms with E-state index in [4.69, 9.17) is 0 Å². The molecule has 0 bridgehead atoms. The number of hydrogen-bond acceptors (Lipinski definition) is 1. The summed E-state index contributed by atoms with van der Waals surface area (Å²) in [5.74, 6) is 1.72. The Kier molecular flexibility index (Phi) is 6.17. The van der Waals surface area contributed by atoms with Crippen molar-refractivity contribution >= 4 is 0 Å². The highest BCUT2D eigenvalue weighted by molar-refractivity contribution is 4.90. The Bertz CT molecular complexity index is 234. The van der Waals surface area contributed by atoms with Crippen LogP contribution in [0.1, 0.15) is 73.6 Å². The largest absolute Gasteiger partial charge is 0.300 e. The summed E-state index contributed by atoms with van der Waals surface area (Å²) in [6.07, 6.45) is 7.03. The molecular formula is C17H35N. The molecular weight excluding hydrogens is 218 g/mol. The highest BCUT2D eigenvalue weighted by Gasteiger charge is 2.38. The first kappa shape index (κ1) is 16.0. The van der Waals surface area contributed by atoms with Crippen LogP contribution < -0.4 is 0 Å². The second kappa shape index (κ2) is 6.93. The summed E-state index contributed by atoms with van der Waals surface area (Å²) >= 11 is 0. The van der Waals surface area contributed by atoms with E-state index >= 15 is 0 Å². The van der Waals surface area contributed by atoms with Gasteiger partial charge in [-0.15, -0.1) is 0 Å². The van der Waals surface area contributed by atoms with E-state index in [0.29, 0.717) is 11.5 Å². The van der Waals surface area contributed by atoms with Gasteiger partial charge in [-0.3, -0.25) is 0 Å². The van der Waals surface area contributed by atoms with Gasteiger partial charge in [0, 0.05) is 12.6 Å². The summed E-state index contributed by atoms with van der Waals surface area (Å²) in [7, 11) is 0. The Morgan fingerprint density at radius 1 is 1.11 bits per heavy atom. The van der Waals surface area contributed by atoms with Gasteiger partial charge in [0.15, 0.2) is 0 Å². The predicted octanol–water partition coefficient (Wildman–Crippen LogP) is 4.96. The summed E-state index contributed by atoms with van der Waals surface area (Å²) < 4.78 is 0. The summed E-state index contributed by atoms with van der Waals surface area (Å²) in [6, 6.07) is 0.715. The maximum Gasteiger partial charge on any atom is 0.00431 e. The zero-order valence-electron chi connectivity index (χ0n) is 13.6. The second-order valence-corrected chi connectivity index (χ2v) is 7.24. The van der Waals surface area contributed by atoms with Crippen LogP contribution in [0.15, 0.2) is 0 Å². The van der Waals surface area contributed by atoms with Gasteiger partial charge in [-0.05, 0) is 56.9 Å². The topological polar surface area (TPSA) is 3.24 Å². The number of piperidine rings is 1. The van der Waals surface area contributed by atoms with Crippen LogP contribution in [0.4, 0.5) is 0 Å².